The van der Waals surface area contributed by atoms with Gasteiger partial charge in [0, 0.05) is 45.6 Å². The Hall–Kier alpha value is -3.42. The largest absolute Gasteiger partial charge is 0.396 e. The number of urea groups is 1. The van der Waals surface area contributed by atoms with Crippen LogP contribution in [-0.2, 0) is 0 Å². The van der Waals surface area contributed by atoms with Gasteiger partial charge < -0.3 is 15.7 Å². The van der Waals surface area contributed by atoms with Gasteiger partial charge in [-0.05, 0) is 42.0 Å². The SMILES string of the molecule is O=C1NC(c2cc(F)ccc2Cl)c2c(NC(=O)N3CC(CO)c4ccccc43)cccc21. The molecule has 32 heavy (non-hydrogen) atoms. The minimum atomic E-state index is -0.701. The Labute approximate surface area is 188 Å². The van der Waals surface area contributed by atoms with Gasteiger partial charge in [0.1, 0.15) is 5.82 Å². The summed E-state index contributed by atoms with van der Waals surface area (Å²) in [6, 6.07) is 15.4. The number of aliphatic hydroxyl groups excluding tert-OH is 1. The van der Waals surface area contributed by atoms with E-state index in [9.17, 15) is 19.1 Å². The van der Waals surface area contributed by atoms with Crippen LogP contribution in [0.5, 0.6) is 0 Å². The second kappa shape index (κ2) is 7.93. The number of nitrogens with one attached hydrogen (secondary N) is 2. The van der Waals surface area contributed by atoms with E-state index in [-0.39, 0.29) is 24.5 Å². The Kier molecular flexibility index (Phi) is 5.07. The second-order valence-electron chi connectivity index (χ2n) is 7.82. The van der Waals surface area contributed by atoms with Gasteiger partial charge in [-0.15, -0.1) is 0 Å². The van der Waals surface area contributed by atoms with Crippen molar-refractivity contribution >= 4 is 34.9 Å². The maximum absolute atomic E-state index is 13.9. The van der Waals surface area contributed by atoms with Gasteiger partial charge in [0.15, 0.2) is 0 Å². The van der Waals surface area contributed by atoms with Gasteiger partial charge in [-0.1, -0.05) is 35.9 Å². The van der Waals surface area contributed by atoms with Crippen LogP contribution in [0.1, 0.15) is 39.0 Å². The van der Waals surface area contributed by atoms with Crippen LogP contribution >= 0.6 is 11.6 Å². The quantitative estimate of drug-likeness (QED) is 0.550. The molecule has 0 saturated heterocycles. The van der Waals surface area contributed by atoms with E-state index in [4.69, 9.17) is 11.6 Å². The van der Waals surface area contributed by atoms with Crippen molar-refractivity contribution in [1.29, 1.82) is 0 Å². The molecule has 2 heterocycles. The molecule has 3 N–H and O–H groups in total. The average molecular weight is 452 g/mol. The fourth-order valence-electron chi connectivity index (χ4n) is 4.46. The van der Waals surface area contributed by atoms with Gasteiger partial charge in [0.05, 0.1) is 12.6 Å². The van der Waals surface area contributed by atoms with Crippen molar-refractivity contribution < 1.29 is 19.1 Å². The molecule has 162 valence electrons. The maximum atomic E-state index is 13.9. The summed E-state index contributed by atoms with van der Waals surface area (Å²) in [4.78, 5) is 27.4. The van der Waals surface area contributed by atoms with E-state index in [1.54, 1.807) is 23.1 Å². The van der Waals surface area contributed by atoms with Gasteiger partial charge in [-0.3, -0.25) is 9.69 Å². The number of hydrogen-bond acceptors (Lipinski definition) is 3. The first-order valence-corrected chi connectivity index (χ1v) is 10.5. The minimum absolute atomic E-state index is 0.0694. The topological polar surface area (TPSA) is 81.7 Å². The summed E-state index contributed by atoms with van der Waals surface area (Å²) in [5, 5.41) is 15.8. The maximum Gasteiger partial charge on any atom is 0.326 e. The van der Waals surface area contributed by atoms with Gasteiger partial charge >= 0.3 is 6.03 Å². The molecule has 3 aromatic carbocycles. The smallest absolute Gasteiger partial charge is 0.326 e. The van der Waals surface area contributed by atoms with Crippen molar-refractivity contribution in [2.24, 2.45) is 0 Å². The molecule has 0 bridgehead atoms. The molecule has 0 saturated carbocycles. The van der Waals surface area contributed by atoms with Crippen molar-refractivity contribution in [3.05, 3.63) is 93.8 Å². The van der Waals surface area contributed by atoms with E-state index in [1.807, 2.05) is 24.3 Å². The number of fused-ring (bicyclic) bond motifs is 2. The molecule has 3 aromatic rings. The van der Waals surface area contributed by atoms with E-state index < -0.39 is 11.9 Å². The van der Waals surface area contributed by atoms with E-state index >= 15 is 0 Å². The number of rotatable bonds is 3. The van der Waals surface area contributed by atoms with Gasteiger partial charge in [-0.25, -0.2) is 9.18 Å². The number of halogens is 2. The Bertz CT molecular complexity index is 1250. The second-order valence-corrected chi connectivity index (χ2v) is 8.23. The first kappa shape index (κ1) is 20.5. The molecule has 2 aliphatic heterocycles. The molecule has 5 rings (SSSR count). The van der Waals surface area contributed by atoms with E-state index in [1.165, 1.54) is 18.2 Å². The van der Waals surface area contributed by atoms with Crippen LogP contribution in [0, 0.1) is 5.82 Å². The molecule has 0 aliphatic carbocycles. The Balaban J connectivity index is 1.51. The van der Waals surface area contributed by atoms with Crippen LogP contribution in [-0.4, -0.2) is 30.2 Å². The molecule has 0 radical (unpaired) electrons. The lowest BCUT2D eigenvalue weighted by Gasteiger charge is -2.21. The molecule has 6 nitrogen and oxygen atoms in total. The minimum Gasteiger partial charge on any atom is -0.396 e. The summed E-state index contributed by atoms with van der Waals surface area (Å²) in [5.41, 5.74) is 3.40. The Morgan fingerprint density at radius 1 is 1.16 bits per heavy atom. The third-order valence-corrected chi connectivity index (χ3v) is 6.31. The highest BCUT2D eigenvalue weighted by atomic mass is 35.5. The number of carbonyl (C=O) groups is 2. The number of carbonyl (C=O) groups excluding carboxylic acids is 2. The van der Waals surface area contributed by atoms with Crippen LogP contribution in [0.4, 0.5) is 20.6 Å². The summed E-state index contributed by atoms with van der Waals surface area (Å²) in [5.74, 6) is -0.967. The zero-order valence-corrected chi connectivity index (χ0v) is 17.6. The van der Waals surface area contributed by atoms with Crippen LogP contribution < -0.4 is 15.5 Å². The van der Waals surface area contributed by atoms with Crippen LogP contribution in [0.3, 0.4) is 0 Å². The Morgan fingerprint density at radius 3 is 2.78 bits per heavy atom. The van der Waals surface area contributed by atoms with Crippen molar-refractivity contribution in [3.8, 4) is 0 Å². The van der Waals surface area contributed by atoms with Gasteiger partial charge in [0.25, 0.3) is 5.91 Å². The van der Waals surface area contributed by atoms with Crippen molar-refractivity contribution in [2.75, 3.05) is 23.4 Å². The molecule has 0 aromatic heterocycles. The van der Waals surface area contributed by atoms with Crippen molar-refractivity contribution in [1.82, 2.24) is 5.32 Å². The number of anilines is 2. The standard InChI is InChI=1S/C24H19ClFN3O3/c25-18-9-8-14(26)10-17(18)22-21-16(23(31)28-22)5-3-6-19(21)27-24(32)29-11-13(12-30)15-4-1-2-7-20(15)29/h1-10,13,22,30H,11-12H2,(H,27,32)(H,28,31). The highest BCUT2D eigenvalue weighted by Crippen LogP contribution is 2.40. The third kappa shape index (κ3) is 3.30. The summed E-state index contributed by atoms with van der Waals surface area (Å²) >= 11 is 6.30. The lowest BCUT2D eigenvalue weighted by atomic mass is 9.96. The zero-order chi connectivity index (χ0) is 22.4. The highest BCUT2D eigenvalue weighted by Gasteiger charge is 2.36. The molecular formula is C24H19ClFN3O3. The van der Waals surface area contributed by atoms with Crippen LogP contribution in [0.15, 0.2) is 60.7 Å². The van der Waals surface area contributed by atoms with Crippen molar-refractivity contribution in [2.45, 2.75) is 12.0 Å². The molecule has 3 amide bonds. The van der Waals surface area contributed by atoms with E-state index in [0.717, 1.165) is 11.3 Å². The number of hydrogen-bond donors (Lipinski definition) is 3. The normalized spacial score (nSPS) is 18.8. The molecule has 0 spiro atoms. The third-order valence-electron chi connectivity index (χ3n) is 5.96. The fraction of sp³-hybridized carbons (Fsp3) is 0.167. The Morgan fingerprint density at radius 2 is 1.97 bits per heavy atom. The first-order valence-electron chi connectivity index (χ1n) is 10.1. The molecule has 2 unspecified atom stereocenters. The lowest BCUT2D eigenvalue weighted by molar-refractivity contribution is 0.0960. The fourth-order valence-corrected chi connectivity index (χ4v) is 4.69. The van der Waals surface area contributed by atoms with E-state index in [0.29, 0.717) is 33.9 Å². The summed E-state index contributed by atoms with van der Waals surface area (Å²) in [6.07, 6.45) is 0. The predicted octanol–water partition coefficient (Wildman–Crippen LogP) is 4.44. The molecule has 2 atom stereocenters. The number of aliphatic hydroxyl groups is 1. The first-order chi connectivity index (χ1) is 15.5. The van der Waals surface area contributed by atoms with Crippen molar-refractivity contribution in [3.63, 3.8) is 0 Å². The molecule has 2 aliphatic rings. The monoisotopic (exact) mass is 451 g/mol. The highest BCUT2D eigenvalue weighted by molar-refractivity contribution is 6.31. The molecular weight excluding hydrogens is 433 g/mol. The summed E-state index contributed by atoms with van der Waals surface area (Å²) in [6.45, 7) is 0.271. The van der Waals surface area contributed by atoms with Gasteiger partial charge in [0.2, 0.25) is 0 Å². The number of para-hydroxylation sites is 1. The van der Waals surface area contributed by atoms with Crippen LogP contribution in [0.25, 0.3) is 0 Å². The lowest BCUT2D eigenvalue weighted by Crippen LogP contribution is -2.34. The predicted molar refractivity (Wildman–Crippen MR) is 120 cm³/mol. The van der Waals surface area contributed by atoms with E-state index in [2.05, 4.69) is 10.6 Å². The average Bonchev–Trinajstić information content (AvgIpc) is 3.34. The molecule has 8 heteroatoms. The summed E-state index contributed by atoms with van der Waals surface area (Å²) in [7, 11) is 0. The summed E-state index contributed by atoms with van der Waals surface area (Å²) < 4.78 is 13.9. The number of benzene rings is 3. The molecule has 0 fully saturated rings. The zero-order valence-electron chi connectivity index (χ0n) is 16.8. The number of nitrogens with zero attached hydrogens (tertiary/aromatic N) is 1. The van der Waals surface area contributed by atoms with Crippen LogP contribution in [0.2, 0.25) is 5.02 Å². The van der Waals surface area contributed by atoms with Gasteiger partial charge in [-0.2, -0.15) is 0 Å². The number of amides is 3.